The maximum atomic E-state index is 14.8. The molecular weight excluding hydrogens is 541 g/mol. The predicted octanol–water partition coefficient (Wildman–Crippen LogP) is 1.00. The van der Waals surface area contributed by atoms with Crippen LogP contribution in [0.15, 0.2) is 45.8 Å². The molecule has 0 bridgehead atoms. The number of nitrogens with zero attached hydrogens (tertiary/aromatic N) is 7. The Balaban J connectivity index is 1.12. The summed E-state index contributed by atoms with van der Waals surface area (Å²) in [5.74, 6) is 0.940. The van der Waals surface area contributed by atoms with Gasteiger partial charge in [-0.15, -0.1) is 5.10 Å². The predicted molar refractivity (Wildman–Crippen MR) is 148 cm³/mol. The third-order valence-corrected chi connectivity index (χ3v) is 7.81. The van der Waals surface area contributed by atoms with Crippen LogP contribution in [0.2, 0.25) is 0 Å². The minimum atomic E-state index is -0.796. The fraction of sp³-hybridized carbons (Fsp3) is 0.360. The molecule has 6 rings (SSSR count). The van der Waals surface area contributed by atoms with Gasteiger partial charge in [-0.3, -0.25) is 14.3 Å². The van der Waals surface area contributed by atoms with E-state index in [0.717, 1.165) is 11.3 Å². The molecule has 0 spiro atoms. The van der Waals surface area contributed by atoms with Gasteiger partial charge in [0.2, 0.25) is 11.8 Å². The van der Waals surface area contributed by atoms with Gasteiger partial charge in [0.25, 0.3) is 0 Å². The van der Waals surface area contributed by atoms with Crippen molar-refractivity contribution in [2.24, 2.45) is 5.73 Å². The number of aromatic nitrogens is 5. The number of nitrogen functional groups attached to an aromatic ring is 1. The van der Waals surface area contributed by atoms with Crippen molar-refractivity contribution in [1.29, 1.82) is 0 Å². The molecule has 1 aliphatic heterocycles. The highest BCUT2D eigenvalue weighted by Gasteiger charge is 2.22. The Morgan fingerprint density at radius 1 is 1.15 bits per heavy atom. The van der Waals surface area contributed by atoms with Crippen LogP contribution in [-0.4, -0.2) is 86.1 Å². The number of aliphatic hydroxyl groups excluding tert-OH is 1. The molecule has 1 atom stereocenters. The Kier molecular flexibility index (Phi) is 7.10. The van der Waals surface area contributed by atoms with Crippen molar-refractivity contribution in [3.05, 3.63) is 52.1 Å². The molecule has 4 aromatic heterocycles. The van der Waals surface area contributed by atoms with Crippen LogP contribution >= 0.6 is 11.3 Å². The molecule has 0 radical (unpaired) electrons. The molecule has 0 amide bonds. The van der Waals surface area contributed by atoms with Crippen LogP contribution in [0.5, 0.6) is 5.75 Å². The van der Waals surface area contributed by atoms with Crippen molar-refractivity contribution in [2.45, 2.75) is 12.6 Å². The summed E-state index contributed by atoms with van der Waals surface area (Å²) in [6.07, 6.45) is 0.739. The van der Waals surface area contributed by atoms with Gasteiger partial charge in [-0.2, -0.15) is 9.50 Å². The van der Waals surface area contributed by atoms with E-state index in [2.05, 4.69) is 20.0 Å². The van der Waals surface area contributed by atoms with Crippen LogP contribution in [0, 0.1) is 5.82 Å². The summed E-state index contributed by atoms with van der Waals surface area (Å²) in [6.45, 7) is 3.79. The van der Waals surface area contributed by atoms with Gasteiger partial charge < -0.3 is 30.6 Å². The average Bonchev–Trinajstić information content (AvgIpc) is 3.70. The van der Waals surface area contributed by atoms with Crippen LogP contribution in [0.3, 0.4) is 0 Å². The number of benzene rings is 1. The molecule has 1 saturated heterocycles. The molecule has 210 valence electrons. The van der Waals surface area contributed by atoms with Gasteiger partial charge in [-0.25, -0.2) is 9.37 Å². The minimum absolute atomic E-state index is 0.00835. The van der Waals surface area contributed by atoms with E-state index in [1.165, 1.54) is 16.8 Å². The van der Waals surface area contributed by atoms with E-state index >= 15 is 0 Å². The van der Waals surface area contributed by atoms with Gasteiger partial charge in [0, 0.05) is 51.9 Å². The number of nitrogens with two attached hydrogens (primary N) is 2. The van der Waals surface area contributed by atoms with E-state index in [1.54, 1.807) is 28.8 Å². The molecule has 0 saturated carbocycles. The molecule has 15 heteroatoms. The number of aliphatic hydroxyl groups is 1. The van der Waals surface area contributed by atoms with Crippen molar-refractivity contribution < 1.29 is 18.7 Å². The number of ether oxygens (including phenoxy) is 1. The summed E-state index contributed by atoms with van der Waals surface area (Å²) in [6, 6.07) is 8.18. The molecule has 13 nitrogen and oxygen atoms in total. The number of thiazole rings is 1. The van der Waals surface area contributed by atoms with Gasteiger partial charge >= 0.3 is 4.87 Å². The first-order chi connectivity index (χ1) is 19.4. The largest absolute Gasteiger partial charge is 0.491 e. The Labute approximate surface area is 231 Å². The molecule has 5 heterocycles. The zero-order valence-electron chi connectivity index (χ0n) is 21.4. The number of anilines is 2. The zero-order chi connectivity index (χ0) is 27.8. The highest BCUT2D eigenvalue weighted by molar-refractivity contribution is 7.17. The van der Waals surface area contributed by atoms with Gasteiger partial charge in [0.05, 0.1) is 12.0 Å². The van der Waals surface area contributed by atoms with Crippen LogP contribution in [-0.2, 0) is 6.54 Å². The molecular formula is C25H28FN9O4S. The normalized spacial score (nSPS) is 15.3. The summed E-state index contributed by atoms with van der Waals surface area (Å²) >= 11 is 1.06. The van der Waals surface area contributed by atoms with Crippen molar-refractivity contribution >= 4 is 39.0 Å². The molecule has 5 N–H and O–H groups in total. The van der Waals surface area contributed by atoms with E-state index in [9.17, 15) is 14.3 Å². The first-order valence-corrected chi connectivity index (χ1v) is 13.6. The van der Waals surface area contributed by atoms with E-state index < -0.39 is 6.10 Å². The first-order valence-electron chi connectivity index (χ1n) is 12.8. The third-order valence-electron chi connectivity index (χ3n) is 6.84. The molecule has 40 heavy (non-hydrogen) atoms. The first kappa shape index (κ1) is 26.2. The number of hydrogen-bond acceptors (Lipinski definition) is 12. The van der Waals surface area contributed by atoms with Crippen molar-refractivity contribution in [2.75, 3.05) is 56.5 Å². The van der Waals surface area contributed by atoms with Gasteiger partial charge in [0.1, 0.15) is 29.0 Å². The van der Waals surface area contributed by atoms with Crippen molar-refractivity contribution in [3.8, 4) is 17.3 Å². The molecule has 1 aliphatic rings. The number of piperazine rings is 1. The zero-order valence-corrected chi connectivity index (χ0v) is 22.3. The van der Waals surface area contributed by atoms with Crippen molar-refractivity contribution in [1.82, 2.24) is 29.0 Å². The van der Waals surface area contributed by atoms with Crippen LogP contribution in [0.1, 0.15) is 0 Å². The lowest BCUT2D eigenvalue weighted by Gasteiger charge is -2.36. The quantitative estimate of drug-likeness (QED) is 0.232. The number of hydrogen-bond donors (Lipinski definition) is 3. The molecule has 1 unspecified atom stereocenters. The van der Waals surface area contributed by atoms with E-state index in [-0.39, 0.29) is 29.8 Å². The molecule has 5 aromatic rings. The fourth-order valence-electron chi connectivity index (χ4n) is 4.68. The maximum absolute atomic E-state index is 14.8. The second-order valence-corrected chi connectivity index (χ2v) is 10.4. The topological polar surface area (TPSA) is 166 Å². The Morgan fingerprint density at radius 3 is 2.70 bits per heavy atom. The van der Waals surface area contributed by atoms with E-state index in [4.69, 9.17) is 20.6 Å². The second-order valence-electron chi connectivity index (χ2n) is 9.43. The lowest BCUT2D eigenvalue weighted by atomic mass is 10.2. The lowest BCUT2D eigenvalue weighted by molar-refractivity contribution is 0.114. The summed E-state index contributed by atoms with van der Waals surface area (Å²) in [5.41, 5.74) is 13.0. The summed E-state index contributed by atoms with van der Waals surface area (Å²) in [4.78, 5) is 26.0. The van der Waals surface area contributed by atoms with Crippen molar-refractivity contribution in [3.63, 3.8) is 0 Å². The molecule has 1 aromatic carbocycles. The van der Waals surface area contributed by atoms with Gasteiger partial charge in [-0.1, -0.05) is 11.3 Å². The number of furan rings is 1. The third kappa shape index (κ3) is 4.99. The van der Waals surface area contributed by atoms with E-state index in [0.29, 0.717) is 78.3 Å². The molecule has 0 aliphatic carbocycles. The number of halogens is 1. The highest BCUT2D eigenvalue weighted by Crippen LogP contribution is 2.27. The maximum Gasteiger partial charge on any atom is 0.309 e. The van der Waals surface area contributed by atoms with Crippen LogP contribution in [0.4, 0.5) is 16.0 Å². The molecule has 1 fully saturated rings. The van der Waals surface area contributed by atoms with Gasteiger partial charge in [-0.05, 0) is 24.3 Å². The standard InChI is InChI=1S/C25H28FN9O4S/c26-17-12-16(39-14-15(36)13-27)3-4-18(17)33-8-5-32(6-9-33)7-10-34-22-20(40-25(34)37)23-29-21(19-2-1-11-38-19)31-35(23)24(28)30-22/h1-4,11-12,15,36H,5-10,13-14,27H2,(H2,28,30). The summed E-state index contributed by atoms with van der Waals surface area (Å²) in [5, 5.41) is 13.9. The summed E-state index contributed by atoms with van der Waals surface area (Å²) < 4.78 is 29.2. The second kappa shape index (κ2) is 10.8. The Morgan fingerprint density at radius 2 is 1.98 bits per heavy atom. The lowest BCUT2D eigenvalue weighted by Crippen LogP contribution is -2.47. The smallest absolute Gasteiger partial charge is 0.309 e. The fourth-order valence-corrected chi connectivity index (χ4v) is 5.62. The SMILES string of the molecule is NCC(O)COc1ccc(N2CCN(CCn3c(=O)sc4c3nc(N)n3nc(-c5ccco5)nc43)CC2)c(F)c1. The number of rotatable bonds is 9. The van der Waals surface area contributed by atoms with Gasteiger partial charge in [0.15, 0.2) is 17.1 Å². The summed E-state index contributed by atoms with van der Waals surface area (Å²) in [7, 11) is 0. The van der Waals surface area contributed by atoms with Crippen LogP contribution in [0.25, 0.3) is 27.6 Å². The number of fused-ring (bicyclic) bond motifs is 3. The van der Waals surface area contributed by atoms with E-state index in [1.807, 2.05) is 4.90 Å². The average molecular weight is 570 g/mol. The Hall–Kier alpha value is -4.05. The Bertz CT molecular complexity index is 1690. The van der Waals surface area contributed by atoms with Crippen LogP contribution < -0.4 is 26.0 Å². The highest BCUT2D eigenvalue weighted by atomic mass is 32.1. The minimum Gasteiger partial charge on any atom is -0.491 e. The monoisotopic (exact) mass is 569 g/mol.